The van der Waals surface area contributed by atoms with Gasteiger partial charge < -0.3 is 25.8 Å². The number of carbonyl (C=O) groups excluding carboxylic acids is 4. The van der Waals surface area contributed by atoms with Crippen LogP contribution in [0, 0.1) is 0 Å². The molecule has 6 rings (SSSR count). The predicted octanol–water partition coefficient (Wildman–Crippen LogP) is 4.29. The number of likely N-dealkylation sites (tertiary alicyclic amines) is 1. The fourth-order valence-corrected chi connectivity index (χ4v) is 6.89. The number of nitrogens with one attached hydrogen (secondary N) is 1. The van der Waals surface area contributed by atoms with Gasteiger partial charge in [-0.3, -0.25) is 24.2 Å². The molecular weight excluding hydrogens is 616 g/mol. The van der Waals surface area contributed by atoms with E-state index in [0.717, 1.165) is 42.6 Å². The lowest BCUT2D eigenvalue weighted by Gasteiger charge is -2.42. The standard InChI is InChI=1S/C39H42N6O4/c40-34(46)27-44(23-22-43-20-7-2-8-21-43)38(48)31-17-15-28(16-18-31)26-45-36(30-11-3-1-4-12-30)35(32-13-5-6-14-33(32)39(45)49)37(47)42-25-29-10-9-19-41-24-29/h1,3-6,9-19,24,35-36H,2,7-8,20-23,25-27H2,(H2,40,46)(H,42,47). The summed E-state index contributed by atoms with van der Waals surface area (Å²) in [5.41, 5.74) is 9.64. The van der Waals surface area contributed by atoms with Crippen LogP contribution in [0.25, 0.3) is 0 Å². The fraction of sp³-hybridized carbons (Fsp3) is 0.308. The summed E-state index contributed by atoms with van der Waals surface area (Å²) in [5, 5.41) is 3.09. The second-order valence-corrected chi connectivity index (χ2v) is 12.7. The molecule has 0 saturated carbocycles. The molecule has 3 heterocycles. The molecule has 4 aromatic rings. The number of aromatic nitrogens is 1. The van der Waals surface area contributed by atoms with E-state index < -0.39 is 17.9 Å². The van der Waals surface area contributed by atoms with E-state index in [9.17, 15) is 19.2 Å². The van der Waals surface area contributed by atoms with Gasteiger partial charge in [0.25, 0.3) is 11.8 Å². The van der Waals surface area contributed by atoms with Crippen LogP contribution in [0.4, 0.5) is 0 Å². The molecule has 49 heavy (non-hydrogen) atoms. The lowest BCUT2D eigenvalue weighted by atomic mass is 9.79. The molecule has 2 aliphatic rings. The zero-order valence-electron chi connectivity index (χ0n) is 27.5. The van der Waals surface area contributed by atoms with Gasteiger partial charge in [0.05, 0.1) is 18.5 Å². The van der Waals surface area contributed by atoms with Crippen molar-refractivity contribution in [2.75, 3.05) is 32.7 Å². The minimum absolute atomic E-state index is 0.154. The van der Waals surface area contributed by atoms with Crippen LogP contribution in [-0.2, 0) is 22.7 Å². The molecule has 4 amide bonds. The molecule has 0 aliphatic carbocycles. The number of rotatable bonds is 12. The normalized spacial score (nSPS) is 17.6. The van der Waals surface area contributed by atoms with Gasteiger partial charge in [-0.2, -0.15) is 0 Å². The van der Waals surface area contributed by atoms with Gasteiger partial charge >= 0.3 is 0 Å². The number of benzene rings is 3. The van der Waals surface area contributed by atoms with Crippen LogP contribution in [0.1, 0.15) is 74.2 Å². The fourth-order valence-electron chi connectivity index (χ4n) is 6.89. The highest BCUT2D eigenvalue weighted by molar-refractivity contribution is 6.01. The highest BCUT2D eigenvalue weighted by Gasteiger charge is 2.44. The Balaban J connectivity index is 1.26. The first-order valence-electron chi connectivity index (χ1n) is 16.9. The summed E-state index contributed by atoms with van der Waals surface area (Å²) >= 11 is 0. The first-order valence-corrected chi connectivity index (χ1v) is 16.9. The second kappa shape index (κ2) is 15.7. The van der Waals surface area contributed by atoms with Crippen LogP contribution in [0.3, 0.4) is 0 Å². The zero-order valence-corrected chi connectivity index (χ0v) is 27.5. The minimum atomic E-state index is -0.670. The molecule has 0 spiro atoms. The highest BCUT2D eigenvalue weighted by Crippen LogP contribution is 2.43. The Labute approximate surface area is 286 Å². The Hall–Kier alpha value is -5.35. The van der Waals surface area contributed by atoms with Gasteiger partial charge in [-0.1, -0.05) is 73.2 Å². The Morgan fingerprint density at radius 2 is 1.59 bits per heavy atom. The van der Waals surface area contributed by atoms with Gasteiger partial charge in [0.15, 0.2) is 0 Å². The summed E-state index contributed by atoms with van der Waals surface area (Å²) in [6.45, 7) is 3.45. The van der Waals surface area contributed by atoms with Crippen LogP contribution in [0.2, 0.25) is 0 Å². The molecule has 1 fully saturated rings. The van der Waals surface area contributed by atoms with Gasteiger partial charge in [0.2, 0.25) is 11.8 Å². The molecule has 3 N–H and O–H groups in total. The molecule has 1 saturated heterocycles. The lowest BCUT2D eigenvalue weighted by Crippen LogP contribution is -2.47. The molecule has 1 aromatic heterocycles. The molecule has 0 bridgehead atoms. The maximum Gasteiger partial charge on any atom is 0.255 e. The second-order valence-electron chi connectivity index (χ2n) is 12.7. The Morgan fingerprint density at radius 1 is 0.857 bits per heavy atom. The van der Waals surface area contributed by atoms with E-state index in [4.69, 9.17) is 5.73 Å². The van der Waals surface area contributed by atoms with Crippen molar-refractivity contribution in [1.29, 1.82) is 0 Å². The number of hydrogen-bond donors (Lipinski definition) is 2. The molecule has 2 atom stereocenters. The topological polar surface area (TPSA) is 129 Å². The van der Waals surface area contributed by atoms with Crippen LogP contribution in [0.15, 0.2) is 103 Å². The summed E-state index contributed by atoms with van der Waals surface area (Å²) in [4.78, 5) is 63.4. The van der Waals surface area contributed by atoms with Gasteiger partial charge in [0, 0.05) is 49.7 Å². The number of hydrogen-bond acceptors (Lipinski definition) is 6. The van der Waals surface area contributed by atoms with Crippen LogP contribution < -0.4 is 11.1 Å². The number of amides is 4. The Morgan fingerprint density at radius 3 is 2.31 bits per heavy atom. The van der Waals surface area contributed by atoms with Crippen molar-refractivity contribution in [3.8, 4) is 0 Å². The number of pyridine rings is 1. The summed E-state index contributed by atoms with van der Waals surface area (Å²) in [6.07, 6.45) is 6.90. The molecule has 10 heteroatoms. The summed E-state index contributed by atoms with van der Waals surface area (Å²) < 4.78 is 0. The van der Waals surface area contributed by atoms with E-state index in [2.05, 4.69) is 15.2 Å². The van der Waals surface area contributed by atoms with E-state index >= 15 is 0 Å². The summed E-state index contributed by atoms with van der Waals surface area (Å²) in [6, 6.07) is 27.2. The predicted molar refractivity (Wildman–Crippen MR) is 186 cm³/mol. The Bertz CT molecular complexity index is 1760. The van der Waals surface area contributed by atoms with Crippen LogP contribution in [0.5, 0.6) is 0 Å². The molecule has 3 aromatic carbocycles. The number of fused-ring (bicyclic) bond motifs is 1. The molecule has 2 unspecified atom stereocenters. The average molecular weight is 659 g/mol. The number of nitrogens with zero attached hydrogens (tertiary/aromatic N) is 4. The SMILES string of the molecule is NC(=O)CN(CCN1CCCCC1)C(=O)c1ccc(CN2C(=O)c3ccccc3C(C(=O)NCc3cccnc3)C2c2ccccc2)cc1. The van der Waals surface area contributed by atoms with E-state index in [0.29, 0.717) is 36.3 Å². The largest absolute Gasteiger partial charge is 0.368 e. The lowest BCUT2D eigenvalue weighted by molar-refractivity contribution is -0.124. The smallest absolute Gasteiger partial charge is 0.255 e. The summed E-state index contributed by atoms with van der Waals surface area (Å²) in [5.74, 6) is -1.86. The van der Waals surface area contributed by atoms with Crippen molar-refractivity contribution in [3.63, 3.8) is 0 Å². The van der Waals surface area contributed by atoms with E-state index in [1.165, 1.54) is 11.3 Å². The number of carbonyl (C=O) groups is 4. The van der Waals surface area contributed by atoms with E-state index in [-0.39, 0.29) is 30.8 Å². The van der Waals surface area contributed by atoms with Crippen LogP contribution >= 0.6 is 0 Å². The maximum atomic E-state index is 14.2. The number of primary amides is 1. The minimum Gasteiger partial charge on any atom is -0.368 e. The third-order valence-corrected chi connectivity index (χ3v) is 9.37. The van der Waals surface area contributed by atoms with Crippen molar-refractivity contribution in [1.82, 2.24) is 25.0 Å². The first kappa shape index (κ1) is 33.5. The van der Waals surface area contributed by atoms with Crippen molar-refractivity contribution in [2.45, 2.75) is 44.3 Å². The third kappa shape index (κ3) is 8.04. The quantitative estimate of drug-likeness (QED) is 0.234. The molecular formula is C39H42N6O4. The highest BCUT2D eigenvalue weighted by atomic mass is 16.2. The average Bonchev–Trinajstić information content (AvgIpc) is 3.14. The van der Waals surface area contributed by atoms with Gasteiger partial charge in [-0.05, 0) is 72.5 Å². The van der Waals surface area contributed by atoms with Crippen molar-refractivity contribution in [2.24, 2.45) is 5.73 Å². The van der Waals surface area contributed by atoms with Crippen molar-refractivity contribution < 1.29 is 19.2 Å². The maximum absolute atomic E-state index is 14.2. The molecule has 2 aliphatic heterocycles. The first-order chi connectivity index (χ1) is 23.9. The zero-order chi connectivity index (χ0) is 34.2. The van der Waals surface area contributed by atoms with Crippen LogP contribution in [-0.4, -0.2) is 76.0 Å². The van der Waals surface area contributed by atoms with Crippen molar-refractivity contribution >= 4 is 23.6 Å². The van der Waals surface area contributed by atoms with Gasteiger partial charge in [0.1, 0.15) is 0 Å². The monoisotopic (exact) mass is 658 g/mol. The number of piperidine rings is 1. The van der Waals surface area contributed by atoms with E-state index in [1.54, 1.807) is 35.5 Å². The number of nitrogens with two attached hydrogens (primary N) is 1. The molecule has 10 nitrogen and oxygen atoms in total. The van der Waals surface area contributed by atoms with E-state index in [1.807, 2.05) is 72.8 Å². The Kier molecular flexibility index (Phi) is 10.7. The van der Waals surface area contributed by atoms with Crippen molar-refractivity contribution in [3.05, 3.63) is 137 Å². The summed E-state index contributed by atoms with van der Waals surface area (Å²) in [7, 11) is 0. The third-order valence-electron chi connectivity index (χ3n) is 9.37. The molecule has 0 radical (unpaired) electrons. The molecule has 252 valence electrons. The van der Waals surface area contributed by atoms with Gasteiger partial charge in [-0.25, -0.2) is 0 Å². The van der Waals surface area contributed by atoms with Gasteiger partial charge in [-0.15, -0.1) is 0 Å².